The van der Waals surface area contributed by atoms with E-state index in [9.17, 15) is 0 Å². The van der Waals surface area contributed by atoms with Crippen molar-refractivity contribution in [2.45, 2.75) is 4.32 Å². The van der Waals surface area contributed by atoms with Gasteiger partial charge in [-0.2, -0.15) is 10.5 Å². The van der Waals surface area contributed by atoms with Gasteiger partial charge in [0.1, 0.15) is 4.32 Å². The number of halogens is 2. The Bertz CT molecular complexity index is 211. The lowest BCUT2D eigenvalue weighted by Gasteiger charge is -2.07. The number of alkyl halides is 2. The fourth-order valence-corrected chi connectivity index (χ4v) is 0.726. The lowest BCUT2D eigenvalue weighted by Crippen LogP contribution is -2.15. The van der Waals surface area contributed by atoms with Crippen molar-refractivity contribution in [2.24, 2.45) is 0 Å². The van der Waals surface area contributed by atoms with E-state index >= 15 is 0 Å². The maximum atomic E-state index is 8.52. The van der Waals surface area contributed by atoms with E-state index in [1.165, 1.54) is 12.2 Å². The number of hydrogen-bond donors (Lipinski definition) is 0. The predicted octanol–water partition coefficient (Wildman–Crippen LogP) is 2.12. The summed E-state index contributed by atoms with van der Waals surface area (Å²) in [5.41, 5.74) is 0. The third-order valence-corrected chi connectivity index (χ3v) is 3.16. The van der Waals surface area contributed by atoms with E-state index in [0.717, 1.165) is 0 Å². The first-order chi connectivity index (χ1) is 4.68. The van der Waals surface area contributed by atoms with Gasteiger partial charge in [0.15, 0.2) is 0 Å². The minimum absolute atomic E-state index is 0.467. The first kappa shape index (κ1) is 9.68. The molecule has 0 heterocycles. The van der Waals surface area contributed by atoms with Crippen molar-refractivity contribution >= 4 is 31.9 Å². The predicted molar refractivity (Wildman–Crippen MR) is 45.8 cm³/mol. The second-order valence-corrected chi connectivity index (χ2v) is 3.55. The summed E-state index contributed by atoms with van der Waals surface area (Å²) in [5, 5.41) is 17.1. The van der Waals surface area contributed by atoms with Crippen molar-refractivity contribution in [3.8, 4) is 12.1 Å². The summed E-state index contributed by atoms with van der Waals surface area (Å²) in [7, 11) is 0. The highest BCUT2D eigenvalue weighted by Crippen LogP contribution is 2.20. The number of rotatable bonds is 2. The van der Waals surface area contributed by atoms with Gasteiger partial charge >= 0.3 is 0 Å². The fraction of sp³-hybridized carbons (Fsp3) is 0.333. The molecule has 1 unspecified atom stereocenters. The quantitative estimate of drug-likeness (QED) is 0.566. The summed E-state index contributed by atoms with van der Waals surface area (Å²) in [6, 6.07) is 3.80. The monoisotopic (exact) mass is 262 g/mol. The van der Waals surface area contributed by atoms with Gasteiger partial charge in [-0.1, -0.05) is 31.9 Å². The molecule has 0 rings (SSSR count). The second-order valence-electron chi connectivity index (χ2n) is 1.57. The molecular weight excluding hydrogens is 260 g/mol. The van der Waals surface area contributed by atoms with Crippen molar-refractivity contribution in [1.29, 1.82) is 10.5 Å². The van der Waals surface area contributed by atoms with E-state index < -0.39 is 4.32 Å². The average molecular weight is 264 g/mol. The maximum absolute atomic E-state index is 8.52. The zero-order valence-corrected chi connectivity index (χ0v) is 8.18. The largest absolute Gasteiger partial charge is 0.196 e. The SMILES string of the molecule is N#CC=CC(Br)(C#N)CBr. The Kier molecular flexibility index (Phi) is 4.34. The molecule has 0 saturated carbocycles. The third-order valence-electron chi connectivity index (χ3n) is 0.802. The smallest absolute Gasteiger partial charge is 0.140 e. The highest BCUT2D eigenvalue weighted by Gasteiger charge is 2.19. The minimum atomic E-state index is -0.733. The lowest BCUT2D eigenvalue weighted by molar-refractivity contribution is 1.07. The molecule has 10 heavy (non-hydrogen) atoms. The van der Waals surface area contributed by atoms with Gasteiger partial charge in [-0.25, -0.2) is 0 Å². The van der Waals surface area contributed by atoms with Crippen LogP contribution in [-0.2, 0) is 0 Å². The average Bonchev–Trinajstić information content (AvgIpc) is 2.00. The summed E-state index contributed by atoms with van der Waals surface area (Å²) < 4.78 is -0.733. The molecule has 2 nitrogen and oxygen atoms in total. The molecule has 0 saturated heterocycles. The molecule has 0 aliphatic carbocycles. The molecule has 0 amide bonds. The minimum Gasteiger partial charge on any atom is -0.196 e. The van der Waals surface area contributed by atoms with E-state index in [4.69, 9.17) is 10.5 Å². The van der Waals surface area contributed by atoms with Crippen LogP contribution < -0.4 is 0 Å². The van der Waals surface area contributed by atoms with E-state index in [2.05, 4.69) is 31.9 Å². The van der Waals surface area contributed by atoms with Crippen LogP contribution >= 0.6 is 31.9 Å². The Morgan fingerprint density at radius 3 is 2.40 bits per heavy atom. The lowest BCUT2D eigenvalue weighted by atomic mass is 10.2. The summed E-state index contributed by atoms with van der Waals surface area (Å²) in [6.07, 6.45) is 2.78. The van der Waals surface area contributed by atoms with Crippen molar-refractivity contribution in [3.63, 3.8) is 0 Å². The van der Waals surface area contributed by atoms with Crippen LogP contribution in [-0.4, -0.2) is 9.65 Å². The first-order valence-electron chi connectivity index (χ1n) is 2.42. The Morgan fingerprint density at radius 1 is 1.50 bits per heavy atom. The topological polar surface area (TPSA) is 47.6 Å². The molecule has 0 aliphatic rings. The normalized spacial score (nSPS) is 15.6. The van der Waals surface area contributed by atoms with Crippen molar-refractivity contribution in [1.82, 2.24) is 0 Å². The molecule has 0 fully saturated rings. The number of nitrogens with zero attached hydrogens (tertiary/aromatic N) is 2. The molecule has 0 aromatic heterocycles. The van der Waals surface area contributed by atoms with E-state index in [-0.39, 0.29) is 0 Å². The van der Waals surface area contributed by atoms with Gasteiger partial charge in [0.05, 0.1) is 12.1 Å². The van der Waals surface area contributed by atoms with Crippen LogP contribution in [0.4, 0.5) is 0 Å². The van der Waals surface area contributed by atoms with E-state index in [1.807, 2.05) is 12.1 Å². The molecule has 1 atom stereocenters. The van der Waals surface area contributed by atoms with Gasteiger partial charge < -0.3 is 0 Å². The van der Waals surface area contributed by atoms with E-state index in [1.54, 1.807) is 0 Å². The molecule has 0 aromatic rings. The maximum Gasteiger partial charge on any atom is 0.140 e. The van der Waals surface area contributed by atoms with Gasteiger partial charge in [0.2, 0.25) is 0 Å². The van der Waals surface area contributed by atoms with Gasteiger partial charge in [0.25, 0.3) is 0 Å². The molecule has 0 aliphatic heterocycles. The van der Waals surface area contributed by atoms with Crippen LogP contribution in [0.15, 0.2) is 12.2 Å². The molecular formula is C6H4Br2N2. The molecule has 52 valence electrons. The molecule has 4 heteroatoms. The molecule has 0 aromatic carbocycles. The fourth-order valence-electron chi connectivity index (χ4n) is 0.281. The standard InChI is InChI=1S/C6H4Br2N2/c7-4-6(8,5-10)2-1-3-9/h1-2H,4H2. The zero-order chi connectivity index (χ0) is 8.04. The molecule has 0 spiro atoms. The van der Waals surface area contributed by atoms with Gasteiger partial charge in [0, 0.05) is 11.4 Å². The summed E-state index contributed by atoms with van der Waals surface area (Å²) in [6.45, 7) is 0. The van der Waals surface area contributed by atoms with Gasteiger partial charge in [-0.3, -0.25) is 0 Å². The highest BCUT2D eigenvalue weighted by atomic mass is 79.9. The van der Waals surface area contributed by atoms with E-state index in [0.29, 0.717) is 5.33 Å². The van der Waals surface area contributed by atoms with Gasteiger partial charge in [-0.05, 0) is 6.08 Å². The van der Waals surface area contributed by atoms with Crippen molar-refractivity contribution < 1.29 is 0 Å². The van der Waals surface area contributed by atoms with Gasteiger partial charge in [-0.15, -0.1) is 0 Å². The number of allylic oxidation sites excluding steroid dienone is 2. The Balaban J connectivity index is 4.27. The third kappa shape index (κ3) is 3.00. The molecule has 0 bridgehead atoms. The summed E-state index contributed by atoms with van der Waals surface area (Å²) in [5.74, 6) is 0. The highest BCUT2D eigenvalue weighted by molar-refractivity contribution is 9.12. The Morgan fingerprint density at radius 2 is 2.10 bits per heavy atom. The van der Waals surface area contributed by atoms with Crippen LogP contribution in [0.1, 0.15) is 0 Å². The van der Waals surface area contributed by atoms with Crippen LogP contribution in [0.2, 0.25) is 0 Å². The van der Waals surface area contributed by atoms with Crippen LogP contribution in [0.5, 0.6) is 0 Å². The summed E-state index contributed by atoms with van der Waals surface area (Å²) >= 11 is 6.27. The zero-order valence-electron chi connectivity index (χ0n) is 5.01. The Hall–Kier alpha value is -0.320. The second kappa shape index (κ2) is 4.49. The molecule has 0 N–H and O–H groups in total. The first-order valence-corrected chi connectivity index (χ1v) is 4.33. The van der Waals surface area contributed by atoms with Crippen LogP contribution in [0, 0.1) is 22.7 Å². The van der Waals surface area contributed by atoms with Crippen molar-refractivity contribution in [2.75, 3.05) is 5.33 Å². The molecule has 0 radical (unpaired) electrons. The number of nitriles is 2. The van der Waals surface area contributed by atoms with Crippen LogP contribution in [0.3, 0.4) is 0 Å². The Labute approximate surface area is 76.4 Å². The number of hydrogen-bond acceptors (Lipinski definition) is 2. The summed E-state index contributed by atoms with van der Waals surface area (Å²) in [4.78, 5) is 0. The van der Waals surface area contributed by atoms with Crippen LogP contribution in [0.25, 0.3) is 0 Å². The van der Waals surface area contributed by atoms with Crippen molar-refractivity contribution in [3.05, 3.63) is 12.2 Å².